The van der Waals surface area contributed by atoms with E-state index in [0.29, 0.717) is 11.7 Å². The number of nitrogens with one attached hydrogen (secondary N) is 1. The summed E-state index contributed by atoms with van der Waals surface area (Å²) in [7, 11) is -4.11. The standard InChI is InChI=1S/C5H10N2O3S2.Na/c8-12(9,10)4-3-7-2-1-6-5(7)11;/h1-4H2,(H,6,11)(H,8,9,10);/q;+1/p-1. The molecule has 8 heteroatoms. The predicted molar refractivity (Wildman–Crippen MR) is 46.7 cm³/mol. The molecule has 0 atom stereocenters. The van der Waals surface area contributed by atoms with Gasteiger partial charge in [0.25, 0.3) is 0 Å². The first-order valence-corrected chi connectivity index (χ1v) is 5.44. The molecular formula is C5H9N2NaO3S2. The number of thiocarbonyl (C=S) groups is 1. The molecule has 1 aliphatic rings. The Labute approximate surface area is 105 Å². The van der Waals surface area contributed by atoms with Crippen molar-refractivity contribution in [2.45, 2.75) is 0 Å². The summed E-state index contributed by atoms with van der Waals surface area (Å²) in [6.07, 6.45) is 0. The van der Waals surface area contributed by atoms with E-state index in [0.717, 1.165) is 6.54 Å². The molecule has 1 fully saturated rings. The van der Waals surface area contributed by atoms with Gasteiger partial charge >= 0.3 is 29.6 Å². The molecule has 0 radical (unpaired) electrons. The summed E-state index contributed by atoms with van der Waals surface area (Å²) in [5.41, 5.74) is 0. The minimum absolute atomic E-state index is 0. The molecule has 0 aromatic heterocycles. The normalized spacial score (nSPS) is 16.7. The van der Waals surface area contributed by atoms with Gasteiger partial charge < -0.3 is 14.8 Å². The quantitative estimate of drug-likeness (QED) is 0.302. The zero-order valence-corrected chi connectivity index (χ0v) is 10.9. The van der Waals surface area contributed by atoms with Crippen LogP contribution in [-0.2, 0) is 10.1 Å². The van der Waals surface area contributed by atoms with Crippen LogP contribution in [0.4, 0.5) is 0 Å². The zero-order chi connectivity index (χ0) is 9.19. The number of rotatable bonds is 3. The van der Waals surface area contributed by atoms with Crippen LogP contribution in [0, 0.1) is 0 Å². The minimum atomic E-state index is -4.11. The molecule has 0 spiro atoms. The number of nitrogens with zero attached hydrogens (tertiary/aromatic N) is 1. The van der Waals surface area contributed by atoms with Crippen LogP contribution in [0.1, 0.15) is 0 Å². The topological polar surface area (TPSA) is 72.5 Å². The largest absolute Gasteiger partial charge is 1.00 e. The molecule has 1 saturated heterocycles. The van der Waals surface area contributed by atoms with E-state index < -0.39 is 10.1 Å². The molecule has 0 bridgehead atoms. The fourth-order valence-corrected chi connectivity index (χ4v) is 1.68. The van der Waals surface area contributed by atoms with Crippen molar-refractivity contribution < 1.29 is 42.5 Å². The molecule has 0 amide bonds. The van der Waals surface area contributed by atoms with Gasteiger partial charge in [-0.2, -0.15) is 0 Å². The van der Waals surface area contributed by atoms with Gasteiger partial charge in [-0.3, -0.25) is 0 Å². The van der Waals surface area contributed by atoms with Gasteiger partial charge in [0.05, 0.1) is 15.9 Å². The van der Waals surface area contributed by atoms with Crippen LogP contribution < -0.4 is 34.9 Å². The molecule has 1 heterocycles. The Morgan fingerprint density at radius 2 is 2.23 bits per heavy atom. The fraction of sp³-hybridized carbons (Fsp3) is 0.800. The molecule has 0 aromatic carbocycles. The first kappa shape index (κ1) is 13.6. The minimum Gasteiger partial charge on any atom is -0.748 e. The van der Waals surface area contributed by atoms with Crippen LogP contribution in [0.15, 0.2) is 0 Å². The van der Waals surface area contributed by atoms with E-state index in [-0.39, 0.29) is 41.9 Å². The van der Waals surface area contributed by atoms with E-state index in [9.17, 15) is 13.0 Å². The number of hydrogen-bond donors (Lipinski definition) is 1. The maximum absolute atomic E-state index is 10.2. The van der Waals surface area contributed by atoms with Crippen molar-refractivity contribution in [3.05, 3.63) is 0 Å². The van der Waals surface area contributed by atoms with E-state index in [1.54, 1.807) is 4.90 Å². The summed E-state index contributed by atoms with van der Waals surface area (Å²) in [6, 6.07) is 0. The zero-order valence-electron chi connectivity index (χ0n) is 7.32. The van der Waals surface area contributed by atoms with Gasteiger partial charge in [-0.1, -0.05) is 0 Å². The van der Waals surface area contributed by atoms with Crippen molar-refractivity contribution >= 4 is 27.4 Å². The Morgan fingerprint density at radius 1 is 1.62 bits per heavy atom. The first-order valence-electron chi connectivity index (χ1n) is 3.45. The molecule has 13 heavy (non-hydrogen) atoms. The van der Waals surface area contributed by atoms with E-state index in [1.807, 2.05) is 0 Å². The molecule has 1 rings (SSSR count). The van der Waals surface area contributed by atoms with E-state index >= 15 is 0 Å². The monoisotopic (exact) mass is 232 g/mol. The molecule has 1 aliphatic heterocycles. The second kappa shape index (κ2) is 5.47. The summed E-state index contributed by atoms with van der Waals surface area (Å²) in [6.45, 7) is 1.59. The van der Waals surface area contributed by atoms with Gasteiger partial charge in [0, 0.05) is 19.6 Å². The van der Waals surface area contributed by atoms with Crippen molar-refractivity contribution in [1.82, 2.24) is 10.2 Å². The van der Waals surface area contributed by atoms with Gasteiger partial charge in [0.2, 0.25) is 0 Å². The van der Waals surface area contributed by atoms with Crippen LogP contribution in [0.2, 0.25) is 0 Å². The Bertz CT molecular complexity index is 280. The van der Waals surface area contributed by atoms with Crippen LogP contribution in [0.5, 0.6) is 0 Å². The molecule has 0 aromatic rings. The van der Waals surface area contributed by atoms with Crippen molar-refractivity contribution in [2.24, 2.45) is 0 Å². The smallest absolute Gasteiger partial charge is 0.748 e. The second-order valence-corrected chi connectivity index (χ2v) is 4.39. The Hall–Kier alpha value is 0.600. The van der Waals surface area contributed by atoms with Gasteiger partial charge in [-0.25, -0.2) is 8.42 Å². The molecule has 70 valence electrons. The maximum atomic E-state index is 10.2. The summed E-state index contributed by atoms with van der Waals surface area (Å²) < 4.78 is 30.7. The summed E-state index contributed by atoms with van der Waals surface area (Å²) in [5.74, 6) is -0.380. The van der Waals surface area contributed by atoms with Crippen LogP contribution in [0.3, 0.4) is 0 Å². The van der Waals surface area contributed by atoms with Gasteiger partial charge in [-0.15, -0.1) is 0 Å². The summed E-state index contributed by atoms with van der Waals surface area (Å²) in [4.78, 5) is 1.67. The average Bonchev–Trinajstić information content (AvgIpc) is 2.29. The van der Waals surface area contributed by atoms with Crippen LogP contribution in [0.25, 0.3) is 0 Å². The second-order valence-electron chi connectivity index (χ2n) is 2.48. The van der Waals surface area contributed by atoms with E-state index in [2.05, 4.69) is 5.32 Å². The molecular weight excluding hydrogens is 223 g/mol. The van der Waals surface area contributed by atoms with Gasteiger partial charge in [0.1, 0.15) is 0 Å². The molecule has 1 N–H and O–H groups in total. The summed E-state index contributed by atoms with van der Waals surface area (Å²) >= 11 is 4.85. The predicted octanol–water partition coefficient (Wildman–Crippen LogP) is -4.27. The Morgan fingerprint density at radius 3 is 2.62 bits per heavy atom. The summed E-state index contributed by atoms with van der Waals surface area (Å²) in [5, 5.41) is 3.39. The third-order valence-corrected chi connectivity index (χ3v) is 2.64. The van der Waals surface area contributed by atoms with E-state index in [1.165, 1.54) is 0 Å². The van der Waals surface area contributed by atoms with Gasteiger partial charge in [-0.05, 0) is 12.2 Å². The van der Waals surface area contributed by atoms with Crippen LogP contribution >= 0.6 is 12.2 Å². The number of hydrogen-bond acceptors (Lipinski definition) is 4. The Kier molecular flexibility index (Phi) is 5.73. The third kappa shape index (κ3) is 5.14. The first-order chi connectivity index (χ1) is 5.49. The SMILES string of the molecule is O=S(=O)([O-])CCN1CCNC1=S.[Na+]. The fourth-order valence-electron chi connectivity index (χ4n) is 0.946. The molecule has 0 saturated carbocycles. The molecule has 5 nitrogen and oxygen atoms in total. The molecule has 0 unspecified atom stereocenters. The molecule has 0 aliphatic carbocycles. The average molecular weight is 232 g/mol. The maximum Gasteiger partial charge on any atom is 1.00 e. The van der Waals surface area contributed by atoms with Crippen molar-refractivity contribution in [3.63, 3.8) is 0 Å². The van der Waals surface area contributed by atoms with Crippen molar-refractivity contribution in [3.8, 4) is 0 Å². The Balaban J connectivity index is 0.00000144. The van der Waals surface area contributed by atoms with E-state index in [4.69, 9.17) is 12.2 Å². The van der Waals surface area contributed by atoms with Crippen LogP contribution in [-0.4, -0.2) is 48.4 Å². The van der Waals surface area contributed by atoms with Crippen molar-refractivity contribution in [1.29, 1.82) is 0 Å². The van der Waals surface area contributed by atoms with Gasteiger partial charge in [0.15, 0.2) is 5.11 Å². The third-order valence-electron chi connectivity index (χ3n) is 1.56. The van der Waals surface area contributed by atoms with Crippen molar-refractivity contribution in [2.75, 3.05) is 25.4 Å².